The van der Waals surface area contributed by atoms with Crippen molar-refractivity contribution in [1.82, 2.24) is 0 Å². The van der Waals surface area contributed by atoms with E-state index in [1.165, 1.54) is 6.26 Å². The highest BCUT2D eigenvalue weighted by Gasteiger charge is 2.31. The molecule has 1 atom stereocenters. The molecule has 4 aromatic carbocycles. The van der Waals surface area contributed by atoms with Crippen LogP contribution in [-0.4, -0.2) is 27.5 Å². The summed E-state index contributed by atoms with van der Waals surface area (Å²) >= 11 is 0. The lowest BCUT2D eigenvalue weighted by Crippen LogP contribution is -2.41. The summed E-state index contributed by atoms with van der Waals surface area (Å²) in [5.74, 6) is -1.25. The van der Waals surface area contributed by atoms with Gasteiger partial charge >= 0.3 is 0 Å². The third-order valence-electron chi connectivity index (χ3n) is 5.35. The Hall–Kier alpha value is -4.03. The van der Waals surface area contributed by atoms with E-state index in [0.29, 0.717) is 11.4 Å². The smallest absolute Gasteiger partial charge is 0.249 e. The third kappa shape index (κ3) is 5.30. The molecule has 0 aromatic heterocycles. The predicted octanol–water partition coefficient (Wildman–Crippen LogP) is 5.34. The summed E-state index contributed by atoms with van der Waals surface area (Å²) < 4.78 is 12.5. The van der Waals surface area contributed by atoms with Crippen LogP contribution in [-0.2, 0) is 20.4 Å². The summed E-state index contributed by atoms with van der Waals surface area (Å²) in [5.41, 5.74) is 4.57. The fraction of sp³-hybridized carbons (Fsp3) is 0.0714. The number of nitrogens with one attached hydrogen (secondary N) is 2. The van der Waals surface area contributed by atoms with Crippen LogP contribution in [0.5, 0.6) is 0 Å². The first-order valence-corrected chi connectivity index (χ1v) is 12.4. The fourth-order valence-electron chi connectivity index (χ4n) is 3.74. The molecule has 0 fully saturated rings. The van der Waals surface area contributed by atoms with Crippen molar-refractivity contribution in [2.24, 2.45) is 0 Å². The predicted molar refractivity (Wildman–Crippen MR) is 139 cm³/mol. The molecule has 2 N–H and O–H groups in total. The molecule has 5 nitrogen and oxygen atoms in total. The molecule has 0 heterocycles. The van der Waals surface area contributed by atoms with Gasteiger partial charge in [-0.1, -0.05) is 97.1 Å². The van der Waals surface area contributed by atoms with E-state index < -0.39 is 27.9 Å². The second kappa shape index (κ2) is 10.7. The largest absolute Gasteiger partial charge is 0.324 e. The first-order chi connectivity index (χ1) is 16.5. The van der Waals surface area contributed by atoms with Gasteiger partial charge in [0, 0.05) is 39.6 Å². The van der Waals surface area contributed by atoms with Crippen LogP contribution in [0.4, 0.5) is 11.4 Å². The number of para-hydroxylation sites is 2. The Morgan fingerprint density at radius 2 is 0.941 bits per heavy atom. The average molecular weight is 469 g/mol. The van der Waals surface area contributed by atoms with Gasteiger partial charge in [0.25, 0.3) is 0 Å². The maximum absolute atomic E-state index is 13.2. The molecular weight excluding hydrogens is 444 g/mol. The molecule has 170 valence electrons. The van der Waals surface area contributed by atoms with E-state index in [0.717, 1.165) is 22.3 Å². The van der Waals surface area contributed by atoms with Gasteiger partial charge in [-0.25, -0.2) is 0 Å². The van der Waals surface area contributed by atoms with E-state index in [1.807, 2.05) is 84.9 Å². The molecule has 6 heteroatoms. The monoisotopic (exact) mass is 468 g/mol. The fourth-order valence-corrected chi connectivity index (χ4v) is 4.46. The van der Waals surface area contributed by atoms with Crippen molar-refractivity contribution >= 4 is 34.0 Å². The van der Waals surface area contributed by atoms with Gasteiger partial charge < -0.3 is 10.6 Å². The zero-order valence-electron chi connectivity index (χ0n) is 18.6. The number of amides is 2. The second-order valence-electron chi connectivity index (χ2n) is 7.68. The van der Waals surface area contributed by atoms with E-state index in [4.69, 9.17) is 0 Å². The summed E-state index contributed by atoms with van der Waals surface area (Å²) in [6, 6.07) is 33.9. The number of hydrogen-bond acceptors (Lipinski definition) is 3. The summed E-state index contributed by atoms with van der Waals surface area (Å²) in [6.07, 6.45) is 1.36. The molecule has 1 unspecified atom stereocenters. The lowest BCUT2D eigenvalue weighted by molar-refractivity contribution is -0.123. The van der Waals surface area contributed by atoms with E-state index in [-0.39, 0.29) is 0 Å². The molecule has 2 amide bonds. The second-order valence-corrected chi connectivity index (χ2v) is 9.15. The van der Waals surface area contributed by atoms with Gasteiger partial charge in [-0.3, -0.25) is 13.8 Å². The van der Waals surface area contributed by atoms with Crippen molar-refractivity contribution in [3.05, 3.63) is 109 Å². The number of hydrogen-bond donors (Lipinski definition) is 2. The van der Waals surface area contributed by atoms with E-state index in [1.54, 1.807) is 24.3 Å². The summed E-state index contributed by atoms with van der Waals surface area (Å²) in [7, 11) is -1.74. The highest BCUT2D eigenvalue weighted by Crippen LogP contribution is 2.29. The standard InChI is InChI=1S/C28H24N2O3S/c1-34(33)26(27(31)29-24-18-10-8-16-22(24)20-12-4-2-5-13-20)28(32)30-25-19-11-9-17-23(25)21-14-6-3-7-15-21/h2-19,26H,1H3,(H,29,31)(H,30,32). The number of benzene rings is 4. The van der Waals surface area contributed by atoms with Crippen LogP contribution < -0.4 is 10.6 Å². The quantitative estimate of drug-likeness (QED) is 0.359. The Morgan fingerprint density at radius 3 is 1.32 bits per heavy atom. The van der Waals surface area contributed by atoms with Crippen LogP contribution in [0.3, 0.4) is 0 Å². The highest BCUT2D eigenvalue weighted by molar-refractivity contribution is 7.86. The summed E-state index contributed by atoms with van der Waals surface area (Å²) in [4.78, 5) is 26.3. The number of anilines is 2. The highest BCUT2D eigenvalue weighted by atomic mass is 32.2. The minimum atomic E-state index is -1.74. The zero-order valence-corrected chi connectivity index (χ0v) is 19.4. The van der Waals surface area contributed by atoms with Crippen LogP contribution >= 0.6 is 0 Å². The van der Waals surface area contributed by atoms with Crippen LogP contribution in [0.15, 0.2) is 109 Å². The van der Waals surface area contributed by atoms with Gasteiger partial charge in [0.15, 0.2) is 5.25 Å². The normalized spacial score (nSPS) is 11.6. The zero-order chi connectivity index (χ0) is 23.9. The lowest BCUT2D eigenvalue weighted by atomic mass is 10.0. The van der Waals surface area contributed by atoms with Crippen LogP contribution in [0.25, 0.3) is 22.3 Å². The van der Waals surface area contributed by atoms with Gasteiger partial charge in [0.1, 0.15) is 0 Å². The molecule has 4 rings (SSSR count). The van der Waals surface area contributed by atoms with E-state index in [9.17, 15) is 13.8 Å². The molecule has 0 aliphatic carbocycles. The minimum absolute atomic E-state index is 0.548. The summed E-state index contributed by atoms with van der Waals surface area (Å²) in [6.45, 7) is 0. The molecule has 0 aliphatic heterocycles. The molecule has 4 aromatic rings. The number of carbonyl (C=O) groups excluding carboxylic acids is 2. The van der Waals surface area contributed by atoms with Gasteiger partial charge in [-0.2, -0.15) is 0 Å². The lowest BCUT2D eigenvalue weighted by Gasteiger charge is -2.18. The first kappa shape index (κ1) is 23.1. The van der Waals surface area contributed by atoms with E-state index in [2.05, 4.69) is 10.6 Å². The van der Waals surface area contributed by atoms with Gasteiger partial charge in [-0.05, 0) is 23.3 Å². The van der Waals surface area contributed by atoms with Crippen molar-refractivity contribution in [1.29, 1.82) is 0 Å². The number of rotatable bonds is 7. The Bertz CT molecular complexity index is 1230. The van der Waals surface area contributed by atoms with Crippen LogP contribution in [0.1, 0.15) is 0 Å². The molecule has 0 radical (unpaired) electrons. The van der Waals surface area contributed by atoms with Crippen molar-refractivity contribution in [2.45, 2.75) is 5.25 Å². The van der Waals surface area contributed by atoms with Crippen LogP contribution in [0, 0.1) is 0 Å². The van der Waals surface area contributed by atoms with Crippen LogP contribution in [0.2, 0.25) is 0 Å². The first-order valence-electron chi connectivity index (χ1n) is 10.8. The maximum Gasteiger partial charge on any atom is 0.249 e. The van der Waals surface area contributed by atoms with Gasteiger partial charge in [-0.15, -0.1) is 0 Å². The SMILES string of the molecule is CS(=O)C(C(=O)Nc1ccccc1-c1ccccc1)C(=O)Nc1ccccc1-c1ccccc1. The van der Waals surface area contributed by atoms with Crippen molar-refractivity contribution in [3.63, 3.8) is 0 Å². The van der Waals surface area contributed by atoms with Crippen molar-refractivity contribution < 1.29 is 13.8 Å². The molecule has 0 bridgehead atoms. The van der Waals surface area contributed by atoms with Gasteiger partial charge in [0.05, 0.1) is 0 Å². The van der Waals surface area contributed by atoms with Crippen molar-refractivity contribution in [3.8, 4) is 22.3 Å². The van der Waals surface area contributed by atoms with Gasteiger partial charge in [0.2, 0.25) is 11.8 Å². The Morgan fingerprint density at radius 1 is 0.588 bits per heavy atom. The Balaban J connectivity index is 1.58. The summed E-state index contributed by atoms with van der Waals surface area (Å²) in [5, 5.41) is 4.24. The average Bonchev–Trinajstić information content (AvgIpc) is 2.85. The molecule has 0 aliphatic rings. The molecular formula is C28H24N2O3S. The molecule has 0 saturated heterocycles. The molecule has 0 spiro atoms. The third-order valence-corrected chi connectivity index (χ3v) is 6.44. The van der Waals surface area contributed by atoms with Crippen molar-refractivity contribution in [2.75, 3.05) is 16.9 Å². The maximum atomic E-state index is 13.2. The topological polar surface area (TPSA) is 75.3 Å². The molecule has 0 saturated carbocycles. The Labute approximate surface area is 201 Å². The Kier molecular flexibility index (Phi) is 7.30. The van der Waals surface area contributed by atoms with E-state index >= 15 is 0 Å². The minimum Gasteiger partial charge on any atom is -0.324 e. The molecule has 34 heavy (non-hydrogen) atoms. The number of carbonyl (C=O) groups is 2.